The van der Waals surface area contributed by atoms with Crippen LogP contribution >= 0.6 is 11.6 Å². The minimum atomic E-state index is 0.216. The van der Waals surface area contributed by atoms with Gasteiger partial charge < -0.3 is 11.6 Å². The Morgan fingerprint density at radius 3 is 1.70 bits per heavy atom. The van der Waals surface area contributed by atoms with Crippen LogP contribution in [-0.2, 0) is 24.2 Å². The third kappa shape index (κ3) is 3.42. The number of rotatable bonds is 2. The fraction of sp³-hybridized carbons (Fsp3) is 0.143. The van der Waals surface area contributed by atoms with E-state index in [9.17, 15) is 0 Å². The van der Waals surface area contributed by atoms with E-state index in [-0.39, 0.29) is 11.8 Å². The van der Waals surface area contributed by atoms with Gasteiger partial charge in [-0.2, -0.15) is 0 Å². The summed E-state index contributed by atoms with van der Waals surface area (Å²) in [5.74, 6) is 0.433. The van der Waals surface area contributed by atoms with Gasteiger partial charge >= 0.3 is 34.9 Å². The summed E-state index contributed by atoms with van der Waals surface area (Å²) in [6, 6.07) is 17.0. The minimum absolute atomic E-state index is 0.216. The Kier molecular flexibility index (Phi) is 5.62. The van der Waals surface area contributed by atoms with Crippen molar-refractivity contribution in [3.05, 3.63) is 88.3 Å². The second-order valence-corrected chi connectivity index (χ2v) is 7.46. The Bertz CT molecular complexity index is 698. The average molecular weight is 397 g/mol. The van der Waals surface area contributed by atoms with E-state index in [0.717, 1.165) is 5.38 Å². The molecule has 0 radical (unpaired) electrons. The predicted octanol–water partition coefficient (Wildman–Crippen LogP) is 5.73. The first kappa shape index (κ1) is 16.8. The molecule has 0 saturated carbocycles. The molecule has 0 aromatic heterocycles. The quantitative estimate of drug-likeness (QED) is 0.568. The molecule has 2 aliphatic rings. The summed E-state index contributed by atoms with van der Waals surface area (Å²) in [5.41, 5.74) is 5.20. The summed E-state index contributed by atoms with van der Waals surface area (Å²) in [6.07, 6.45) is 8.77. The van der Waals surface area contributed by atoms with Crippen molar-refractivity contribution in [3.63, 3.8) is 0 Å². The first-order valence-electron chi connectivity index (χ1n) is 7.78. The molecule has 114 valence electrons. The van der Waals surface area contributed by atoms with E-state index in [2.05, 4.69) is 76.5 Å². The van der Waals surface area contributed by atoms with Crippen LogP contribution in [0.3, 0.4) is 0 Å². The number of benzene rings is 2. The van der Waals surface area contributed by atoms with Crippen molar-refractivity contribution in [3.8, 4) is 0 Å². The van der Waals surface area contributed by atoms with E-state index in [4.69, 9.17) is 11.6 Å². The molecule has 0 spiro atoms. The molecule has 0 aliphatic heterocycles. The largest absolute Gasteiger partial charge is 0.344 e. The molecule has 2 heteroatoms. The minimum Gasteiger partial charge on any atom is -0.344 e. The third-order valence-corrected chi connectivity index (χ3v) is 4.66. The number of fused-ring (bicyclic) bond motifs is 2. The summed E-state index contributed by atoms with van der Waals surface area (Å²) < 4.78 is 2.09. The van der Waals surface area contributed by atoms with Crippen LogP contribution in [0.2, 0.25) is 0 Å². The van der Waals surface area contributed by atoms with Gasteiger partial charge in [0, 0.05) is 0 Å². The summed E-state index contributed by atoms with van der Waals surface area (Å²) in [7, 11) is 0. The Morgan fingerprint density at radius 1 is 0.870 bits per heavy atom. The van der Waals surface area contributed by atoms with E-state index >= 15 is 0 Å². The van der Waals surface area contributed by atoms with Gasteiger partial charge in [0.2, 0.25) is 0 Å². The first-order valence-corrected chi connectivity index (χ1v) is 9.57. The zero-order chi connectivity index (χ0) is 16.2. The van der Waals surface area contributed by atoms with Crippen LogP contribution in [0.4, 0.5) is 0 Å². The van der Waals surface area contributed by atoms with Crippen LogP contribution in [0, 0.1) is 5.38 Å². The zero-order valence-electron chi connectivity index (χ0n) is 13.0. The molecule has 0 N–H and O–H groups in total. The number of halogens is 1. The van der Waals surface area contributed by atoms with Crippen molar-refractivity contribution in [2.75, 3.05) is 0 Å². The standard InChI is InChI=1S/C19H14Cl.C2H4.Zr/c20-19(17-11-9-13-5-1-3-7-15(13)17)18-12-10-14-6-2-4-8-16(14)18;1-2;/h1-12,17-18H;1H,2H3;/q-1;;. The summed E-state index contributed by atoms with van der Waals surface area (Å²) in [4.78, 5) is 0. The van der Waals surface area contributed by atoms with Crippen molar-refractivity contribution in [2.24, 2.45) is 0 Å². The van der Waals surface area contributed by atoms with Gasteiger partial charge in [-0.1, -0.05) is 71.8 Å². The third-order valence-electron chi connectivity index (χ3n) is 4.19. The van der Waals surface area contributed by atoms with Gasteiger partial charge in [0.25, 0.3) is 0 Å². The Labute approximate surface area is 158 Å². The van der Waals surface area contributed by atoms with E-state index in [0.29, 0.717) is 0 Å². The molecule has 2 atom stereocenters. The van der Waals surface area contributed by atoms with Crippen LogP contribution in [0.1, 0.15) is 41.0 Å². The van der Waals surface area contributed by atoms with Gasteiger partial charge in [0.1, 0.15) is 0 Å². The molecular weight excluding hydrogens is 379 g/mol. The van der Waals surface area contributed by atoms with Gasteiger partial charge in [-0.05, 0) is 11.1 Å². The van der Waals surface area contributed by atoms with E-state index in [1.807, 2.05) is 6.92 Å². The van der Waals surface area contributed by atoms with E-state index in [1.165, 1.54) is 46.5 Å². The van der Waals surface area contributed by atoms with Crippen LogP contribution in [0.5, 0.6) is 0 Å². The topological polar surface area (TPSA) is 0 Å². The van der Waals surface area contributed by atoms with Gasteiger partial charge in [0.05, 0.1) is 0 Å². The summed E-state index contributed by atoms with van der Waals surface area (Å²) in [5, 5.41) is 0.993. The number of hydrogen-bond donors (Lipinski definition) is 0. The van der Waals surface area contributed by atoms with Crippen molar-refractivity contribution in [1.82, 2.24) is 0 Å². The van der Waals surface area contributed by atoms with Crippen molar-refractivity contribution in [1.29, 1.82) is 0 Å². The predicted molar refractivity (Wildman–Crippen MR) is 97.3 cm³/mol. The van der Waals surface area contributed by atoms with Gasteiger partial charge in [-0.3, -0.25) is 0 Å². The van der Waals surface area contributed by atoms with Crippen molar-refractivity contribution < 1.29 is 24.2 Å². The normalized spacial score (nSPS) is 19.9. The second kappa shape index (κ2) is 7.69. The maximum Gasteiger partial charge on any atom is -0.0248 e. The average Bonchev–Trinajstić information content (AvgIpc) is 3.19. The first-order chi connectivity index (χ1) is 11.3. The molecule has 0 amide bonds. The van der Waals surface area contributed by atoms with Crippen molar-refractivity contribution >= 4 is 27.5 Å². The smallest absolute Gasteiger partial charge is 0.0248 e. The van der Waals surface area contributed by atoms with E-state index in [1.54, 1.807) is 0 Å². The Hall–Kier alpha value is -1.04. The maximum atomic E-state index is 6.76. The van der Waals surface area contributed by atoms with Crippen LogP contribution < -0.4 is 0 Å². The van der Waals surface area contributed by atoms with Crippen molar-refractivity contribution in [2.45, 2.75) is 18.8 Å². The molecule has 0 bridgehead atoms. The van der Waals surface area contributed by atoms with Crippen LogP contribution in [0.15, 0.2) is 60.7 Å². The number of hydrogen-bond acceptors (Lipinski definition) is 0. The summed E-state index contributed by atoms with van der Waals surface area (Å²) in [6.45, 7) is 2.04. The van der Waals surface area contributed by atoms with Crippen LogP contribution in [-0.4, -0.2) is 3.71 Å². The molecule has 4 rings (SSSR count). The molecule has 0 saturated heterocycles. The molecule has 2 aromatic carbocycles. The SMILES string of the molecule is C[CH]=[Zr].Cl[C-](C1C=Cc2ccccc21)C1C=Cc2ccccc21. The molecular formula is C21H18ClZr-. The van der Waals surface area contributed by atoms with Crippen LogP contribution in [0.25, 0.3) is 12.2 Å². The molecule has 0 fully saturated rings. The Morgan fingerprint density at radius 2 is 1.26 bits per heavy atom. The monoisotopic (exact) mass is 395 g/mol. The molecule has 2 aromatic rings. The maximum absolute atomic E-state index is 6.76. The molecule has 0 nitrogen and oxygen atoms in total. The molecule has 0 heterocycles. The van der Waals surface area contributed by atoms with Gasteiger partial charge in [-0.15, -0.1) is 24.0 Å². The number of allylic oxidation sites excluding steroid dienone is 2. The fourth-order valence-corrected chi connectivity index (χ4v) is 3.55. The van der Waals surface area contributed by atoms with Gasteiger partial charge in [0.15, 0.2) is 0 Å². The van der Waals surface area contributed by atoms with Gasteiger partial charge in [-0.25, -0.2) is 5.38 Å². The zero-order valence-corrected chi connectivity index (χ0v) is 16.3. The molecule has 23 heavy (non-hydrogen) atoms. The second-order valence-electron chi connectivity index (χ2n) is 5.60. The molecule has 2 aliphatic carbocycles. The Balaban J connectivity index is 0.000000485. The summed E-state index contributed by atoms with van der Waals surface area (Å²) >= 11 is 8.27. The fourth-order valence-electron chi connectivity index (χ4n) is 3.17. The van der Waals surface area contributed by atoms with E-state index < -0.39 is 0 Å². The molecule has 2 unspecified atom stereocenters.